The molecule has 0 bridgehead atoms. The Morgan fingerprint density at radius 1 is 1.24 bits per heavy atom. The van der Waals surface area contributed by atoms with E-state index in [2.05, 4.69) is 26.2 Å². The number of ether oxygens (including phenoxy) is 1. The van der Waals surface area contributed by atoms with Gasteiger partial charge < -0.3 is 9.26 Å². The summed E-state index contributed by atoms with van der Waals surface area (Å²) >= 11 is 0. The average molecular weight is 279 g/mol. The first-order chi connectivity index (χ1) is 10.3. The van der Waals surface area contributed by atoms with Crippen LogP contribution in [0.5, 0.6) is 5.88 Å². The molecule has 0 unspecified atom stereocenters. The molecule has 0 N–H and O–H groups in total. The fraction of sp³-hybridized carbons (Fsp3) is 0.0714. The first kappa shape index (κ1) is 12.7. The van der Waals surface area contributed by atoms with Gasteiger partial charge in [0.05, 0.1) is 18.7 Å². The molecule has 0 aliphatic heterocycles. The van der Waals surface area contributed by atoms with Crippen LogP contribution in [0.4, 0.5) is 0 Å². The van der Waals surface area contributed by atoms with Crippen LogP contribution in [-0.4, -0.2) is 27.2 Å². The summed E-state index contributed by atoms with van der Waals surface area (Å²) in [6.45, 7) is 0. The van der Waals surface area contributed by atoms with E-state index in [0.717, 1.165) is 0 Å². The van der Waals surface area contributed by atoms with Gasteiger partial charge in [-0.15, -0.1) is 0 Å². The largest absolute Gasteiger partial charge is 0.481 e. The zero-order valence-corrected chi connectivity index (χ0v) is 11.0. The minimum absolute atomic E-state index is 0.319. The van der Waals surface area contributed by atoms with Crippen LogP contribution in [0, 0.1) is 11.3 Å². The Hall–Kier alpha value is -3.27. The predicted octanol–water partition coefficient (Wildman–Crippen LogP) is 2.07. The normalized spacial score (nSPS) is 10.1. The van der Waals surface area contributed by atoms with E-state index >= 15 is 0 Å². The van der Waals surface area contributed by atoms with E-state index in [1.165, 1.54) is 13.4 Å². The van der Waals surface area contributed by atoms with Crippen LogP contribution >= 0.6 is 0 Å². The Morgan fingerprint density at radius 2 is 2.14 bits per heavy atom. The van der Waals surface area contributed by atoms with Crippen molar-refractivity contribution in [3.63, 3.8) is 0 Å². The molecule has 0 spiro atoms. The number of methoxy groups -OCH3 is 1. The van der Waals surface area contributed by atoms with E-state index in [9.17, 15) is 0 Å². The molecule has 2 aromatic heterocycles. The van der Waals surface area contributed by atoms with Gasteiger partial charge in [-0.3, -0.25) is 0 Å². The number of hydrogen-bond donors (Lipinski definition) is 0. The molecule has 0 radical (unpaired) electrons. The van der Waals surface area contributed by atoms with Crippen LogP contribution in [0.15, 0.2) is 41.2 Å². The van der Waals surface area contributed by atoms with Gasteiger partial charge in [0.25, 0.3) is 5.89 Å². The Balaban J connectivity index is 1.97. The van der Waals surface area contributed by atoms with Crippen LogP contribution in [0.2, 0.25) is 0 Å². The summed E-state index contributed by atoms with van der Waals surface area (Å²) in [5.41, 5.74) is 1.69. The van der Waals surface area contributed by atoms with Crippen molar-refractivity contribution in [2.45, 2.75) is 0 Å². The summed E-state index contributed by atoms with van der Waals surface area (Å²) in [6.07, 6.45) is 1.36. The van der Waals surface area contributed by atoms with Gasteiger partial charge in [-0.05, 0) is 18.2 Å². The van der Waals surface area contributed by atoms with Crippen LogP contribution in [0.3, 0.4) is 0 Å². The van der Waals surface area contributed by atoms with Gasteiger partial charge in [-0.1, -0.05) is 11.2 Å². The van der Waals surface area contributed by atoms with Gasteiger partial charge in [0.15, 0.2) is 0 Å². The summed E-state index contributed by atoms with van der Waals surface area (Å²) in [5, 5.41) is 12.8. The van der Waals surface area contributed by atoms with Crippen molar-refractivity contribution in [2.24, 2.45) is 0 Å². The summed E-state index contributed by atoms with van der Waals surface area (Å²) in [7, 11) is 1.52. The highest BCUT2D eigenvalue weighted by atomic mass is 16.5. The van der Waals surface area contributed by atoms with Gasteiger partial charge in [0, 0.05) is 11.6 Å². The lowest BCUT2D eigenvalue weighted by Gasteiger charge is -1.97. The molecular weight excluding hydrogens is 270 g/mol. The molecule has 3 aromatic rings. The van der Waals surface area contributed by atoms with Gasteiger partial charge >= 0.3 is 0 Å². The van der Waals surface area contributed by atoms with Gasteiger partial charge in [-0.25, -0.2) is 9.97 Å². The second-order valence-corrected chi connectivity index (χ2v) is 4.06. The van der Waals surface area contributed by atoms with Crippen molar-refractivity contribution in [1.29, 1.82) is 5.26 Å². The maximum atomic E-state index is 8.90. The molecule has 0 aliphatic rings. The monoisotopic (exact) mass is 279 g/mol. The summed E-state index contributed by atoms with van der Waals surface area (Å²) in [4.78, 5) is 12.3. The molecule has 2 heterocycles. The molecule has 7 heteroatoms. The Labute approximate surface area is 119 Å². The fourth-order valence-corrected chi connectivity index (χ4v) is 1.74. The molecule has 3 rings (SSSR count). The second kappa shape index (κ2) is 5.38. The van der Waals surface area contributed by atoms with Crippen LogP contribution in [0.25, 0.3) is 23.0 Å². The number of nitrogens with zero attached hydrogens (tertiary/aromatic N) is 5. The van der Waals surface area contributed by atoms with E-state index in [0.29, 0.717) is 34.4 Å². The third-order valence-corrected chi connectivity index (χ3v) is 2.74. The molecule has 102 valence electrons. The highest BCUT2D eigenvalue weighted by Crippen LogP contribution is 2.22. The third kappa shape index (κ3) is 2.55. The van der Waals surface area contributed by atoms with Crippen molar-refractivity contribution in [3.8, 4) is 34.9 Å². The number of rotatable bonds is 3. The Morgan fingerprint density at radius 3 is 2.95 bits per heavy atom. The topological polar surface area (TPSA) is 97.7 Å². The van der Waals surface area contributed by atoms with Crippen molar-refractivity contribution < 1.29 is 9.26 Å². The molecule has 0 saturated heterocycles. The smallest absolute Gasteiger partial charge is 0.258 e. The Kier molecular flexibility index (Phi) is 3.27. The van der Waals surface area contributed by atoms with Crippen LogP contribution in [-0.2, 0) is 0 Å². The van der Waals surface area contributed by atoms with Crippen LogP contribution < -0.4 is 4.74 Å². The molecule has 7 nitrogen and oxygen atoms in total. The zero-order chi connectivity index (χ0) is 14.7. The van der Waals surface area contributed by atoms with Crippen molar-refractivity contribution >= 4 is 0 Å². The third-order valence-electron chi connectivity index (χ3n) is 2.74. The summed E-state index contributed by atoms with van der Waals surface area (Å²) in [6, 6.07) is 10.6. The first-order valence-electron chi connectivity index (χ1n) is 6.01. The molecule has 0 atom stereocenters. The quantitative estimate of drug-likeness (QED) is 0.723. The van der Waals surface area contributed by atoms with Crippen molar-refractivity contribution in [3.05, 3.63) is 42.2 Å². The standard InChI is InChI=1S/C14H9N5O2/c1-20-12-6-11(16-8-17-12)13-18-14(21-19-13)10-4-2-3-9(5-10)7-15/h2-6,8H,1H3. The highest BCUT2D eigenvalue weighted by molar-refractivity contribution is 5.59. The number of benzene rings is 1. The van der Waals surface area contributed by atoms with Gasteiger partial charge in [0.1, 0.15) is 12.0 Å². The molecule has 0 aliphatic carbocycles. The molecule has 0 fully saturated rings. The van der Waals surface area contributed by atoms with Crippen molar-refractivity contribution in [1.82, 2.24) is 20.1 Å². The SMILES string of the molecule is COc1cc(-c2noc(-c3cccc(C#N)c3)n2)ncn1. The van der Waals surface area contributed by atoms with E-state index in [4.69, 9.17) is 14.5 Å². The van der Waals surface area contributed by atoms with E-state index in [1.54, 1.807) is 30.3 Å². The predicted molar refractivity (Wildman–Crippen MR) is 72.0 cm³/mol. The summed E-state index contributed by atoms with van der Waals surface area (Å²) < 4.78 is 10.2. The number of nitriles is 1. The average Bonchev–Trinajstić information content (AvgIpc) is 3.05. The van der Waals surface area contributed by atoms with Gasteiger partial charge in [0.2, 0.25) is 11.7 Å². The van der Waals surface area contributed by atoms with Gasteiger partial charge in [-0.2, -0.15) is 10.2 Å². The maximum Gasteiger partial charge on any atom is 0.258 e. The van der Waals surface area contributed by atoms with E-state index in [1.807, 2.05) is 0 Å². The van der Waals surface area contributed by atoms with E-state index < -0.39 is 0 Å². The summed E-state index contributed by atoms with van der Waals surface area (Å²) in [5.74, 6) is 1.06. The zero-order valence-electron chi connectivity index (χ0n) is 11.0. The first-order valence-corrected chi connectivity index (χ1v) is 6.01. The van der Waals surface area contributed by atoms with Crippen molar-refractivity contribution in [2.75, 3.05) is 7.11 Å². The lowest BCUT2D eigenvalue weighted by atomic mass is 10.1. The molecule has 1 aromatic carbocycles. The van der Waals surface area contributed by atoms with Crippen LogP contribution in [0.1, 0.15) is 5.56 Å². The molecule has 21 heavy (non-hydrogen) atoms. The number of hydrogen-bond acceptors (Lipinski definition) is 7. The Bertz CT molecular complexity index is 822. The molecular formula is C14H9N5O2. The lowest BCUT2D eigenvalue weighted by molar-refractivity contribution is 0.397. The molecule has 0 amide bonds. The van der Waals surface area contributed by atoms with E-state index in [-0.39, 0.29) is 0 Å². The fourth-order valence-electron chi connectivity index (χ4n) is 1.74. The lowest BCUT2D eigenvalue weighted by Crippen LogP contribution is -1.91. The minimum atomic E-state index is 0.319. The highest BCUT2D eigenvalue weighted by Gasteiger charge is 2.13. The minimum Gasteiger partial charge on any atom is -0.481 e. The molecule has 0 saturated carbocycles. The maximum absolute atomic E-state index is 8.90. The second-order valence-electron chi connectivity index (χ2n) is 4.06. The number of aromatic nitrogens is 4.